The summed E-state index contributed by atoms with van der Waals surface area (Å²) in [4.78, 5) is 17.6. The maximum atomic E-state index is 13.7. The maximum Gasteiger partial charge on any atom is 0.239 e. The Morgan fingerprint density at radius 1 is 1.00 bits per heavy atom. The van der Waals surface area contributed by atoms with Gasteiger partial charge in [0.2, 0.25) is 21.9 Å². The summed E-state index contributed by atoms with van der Waals surface area (Å²) in [6.07, 6.45) is 5.22. The third-order valence-corrected chi connectivity index (χ3v) is 7.41. The first-order valence-electron chi connectivity index (χ1n) is 12.2. The fourth-order valence-electron chi connectivity index (χ4n) is 4.41. The third-order valence-electron chi connectivity index (χ3n) is 6.20. The van der Waals surface area contributed by atoms with Crippen molar-refractivity contribution in [3.05, 3.63) is 72.2 Å². The first kappa shape index (κ1) is 25.0. The number of piperidine rings is 1. The Hall–Kier alpha value is -3.70. The van der Waals surface area contributed by atoms with Crippen molar-refractivity contribution in [2.75, 3.05) is 23.1 Å². The van der Waals surface area contributed by atoms with E-state index in [2.05, 4.69) is 30.3 Å². The normalized spacial score (nSPS) is 18.0. The van der Waals surface area contributed by atoms with Crippen molar-refractivity contribution >= 4 is 32.8 Å². The zero-order valence-corrected chi connectivity index (χ0v) is 21.2. The van der Waals surface area contributed by atoms with Gasteiger partial charge in [-0.25, -0.2) is 32.7 Å². The third kappa shape index (κ3) is 6.17. The Morgan fingerprint density at radius 2 is 1.76 bits per heavy atom. The van der Waals surface area contributed by atoms with Gasteiger partial charge in [0.25, 0.3) is 0 Å². The minimum Gasteiger partial charge on any atom is -0.350 e. The van der Waals surface area contributed by atoms with Gasteiger partial charge in [0, 0.05) is 55.1 Å². The first-order chi connectivity index (χ1) is 17.9. The van der Waals surface area contributed by atoms with Gasteiger partial charge in [-0.3, -0.25) is 4.72 Å². The fraction of sp³-hybridized carbons (Fsp3) is 0.308. The quantitative estimate of drug-likeness (QED) is 0.321. The van der Waals surface area contributed by atoms with E-state index in [9.17, 15) is 12.8 Å². The number of anilines is 2. The largest absolute Gasteiger partial charge is 0.350 e. The molecule has 2 atom stereocenters. The van der Waals surface area contributed by atoms with Crippen molar-refractivity contribution in [2.45, 2.75) is 37.7 Å². The van der Waals surface area contributed by atoms with Crippen molar-refractivity contribution in [1.82, 2.24) is 25.3 Å². The number of nitrogens with zero attached hydrogens (tertiary/aromatic N) is 4. The number of nitrogens with one attached hydrogen (secondary N) is 3. The van der Waals surface area contributed by atoms with E-state index in [-0.39, 0.29) is 17.7 Å². The molecule has 1 aliphatic rings. The number of hydrogen-bond donors (Lipinski definition) is 3. The highest BCUT2D eigenvalue weighted by atomic mass is 32.2. The van der Waals surface area contributed by atoms with Crippen molar-refractivity contribution in [3.63, 3.8) is 0 Å². The minimum atomic E-state index is -3.64. The predicted octanol–water partition coefficient (Wildman–Crippen LogP) is 3.70. The molecule has 0 bridgehead atoms. The second-order valence-corrected chi connectivity index (χ2v) is 10.8. The standard InChI is InChI=1S/C26H28FN7O2S/c1-2-18-8-19(9-20-11-31-26(33-24(18)20)32-23-10-22(27)14-28-15-23)21-12-29-25(30-13-21)34-37(35,36)16-17-6-4-3-5-7-17/h3-9,11-13,22-23,28H,2,10,14-16H2,1H3,(H,29,30,34)(H,31,32,33)/t22-,23-/m0/s1. The molecule has 0 saturated carbocycles. The van der Waals surface area contributed by atoms with Crippen LogP contribution in [0.15, 0.2) is 61.1 Å². The molecular weight excluding hydrogens is 493 g/mol. The van der Waals surface area contributed by atoms with Gasteiger partial charge in [-0.1, -0.05) is 37.3 Å². The van der Waals surface area contributed by atoms with Gasteiger partial charge in [-0.15, -0.1) is 0 Å². The molecule has 1 aliphatic heterocycles. The van der Waals surface area contributed by atoms with Crippen LogP contribution >= 0.6 is 0 Å². The number of rotatable bonds is 8. The number of hydrogen-bond acceptors (Lipinski definition) is 8. The van der Waals surface area contributed by atoms with Crippen LogP contribution < -0.4 is 15.4 Å². The van der Waals surface area contributed by atoms with E-state index in [4.69, 9.17) is 4.98 Å². The number of aryl methyl sites for hydroxylation is 1. The van der Waals surface area contributed by atoms with Crippen LogP contribution in [0.2, 0.25) is 0 Å². The molecule has 0 aliphatic carbocycles. The van der Waals surface area contributed by atoms with Gasteiger partial charge < -0.3 is 10.6 Å². The Bertz CT molecular complexity index is 1480. The van der Waals surface area contributed by atoms with Gasteiger partial charge >= 0.3 is 0 Å². The summed E-state index contributed by atoms with van der Waals surface area (Å²) in [7, 11) is -3.64. The highest BCUT2D eigenvalue weighted by molar-refractivity contribution is 7.91. The van der Waals surface area contributed by atoms with Crippen LogP contribution in [0.25, 0.3) is 22.0 Å². The Labute approximate surface area is 215 Å². The highest BCUT2D eigenvalue weighted by Gasteiger charge is 2.22. The number of fused-ring (bicyclic) bond motifs is 1. The van der Waals surface area contributed by atoms with E-state index >= 15 is 0 Å². The van der Waals surface area contributed by atoms with Gasteiger partial charge in [-0.2, -0.15) is 0 Å². The second kappa shape index (κ2) is 10.7. The van der Waals surface area contributed by atoms with E-state index < -0.39 is 16.2 Å². The van der Waals surface area contributed by atoms with Crippen LogP contribution in [0.1, 0.15) is 24.5 Å². The molecule has 9 nitrogen and oxygen atoms in total. The highest BCUT2D eigenvalue weighted by Crippen LogP contribution is 2.28. The molecule has 4 aromatic rings. The molecule has 0 amide bonds. The lowest BCUT2D eigenvalue weighted by Gasteiger charge is -2.26. The van der Waals surface area contributed by atoms with E-state index in [0.717, 1.165) is 34.0 Å². The lowest BCUT2D eigenvalue weighted by atomic mass is 10.0. The number of alkyl halides is 1. The van der Waals surface area contributed by atoms with Gasteiger partial charge in [0.15, 0.2) is 0 Å². The van der Waals surface area contributed by atoms with Crippen molar-refractivity contribution in [3.8, 4) is 11.1 Å². The van der Waals surface area contributed by atoms with Crippen LogP contribution in [-0.4, -0.2) is 53.7 Å². The minimum absolute atomic E-state index is 0.0166. The summed E-state index contributed by atoms with van der Waals surface area (Å²) in [5.74, 6) is 0.334. The van der Waals surface area contributed by atoms with Gasteiger partial charge in [0.05, 0.1) is 11.3 Å². The molecule has 2 aromatic carbocycles. The van der Waals surface area contributed by atoms with E-state index in [1.165, 1.54) is 0 Å². The summed E-state index contributed by atoms with van der Waals surface area (Å²) in [6.45, 7) is 3.09. The summed E-state index contributed by atoms with van der Waals surface area (Å²) in [5, 5.41) is 7.17. The molecule has 1 fully saturated rings. The summed E-state index contributed by atoms with van der Waals surface area (Å²) in [6, 6.07) is 12.8. The topological polar surface area (TPSA) is 122 Å². The molecule has 1 saturated heterocycles. The van der Waals surface area contributed by atoms with Crippen molar-refractivity contribution in [2.24, 2.45) is 0 Å². The first-order valence-corrected chi connectivity index (χ1v) is 13.8. The zero-order valence-electron chi connectivity index (χ0n) is 20.4. The Morgan fingerprint density at radius 3 is 2.49 bits per heavy atom. The molecule has 0 spiro atoms. The Kier molecular flexibility index (Phi) is 7.24. The fourth-order valence-corrected chi connectivity index (χ4v) is 5.49. The maximum absolute atomic E-state index is 13.7. The monoisotopic (exact) mass is 521 g/mol. The smallest absolute Gasteiger partial charge is 0.239 e. The molecule has 0 unspecified atom stereocenters. The average molecular weight is 522 g/mol. The summed E-state index contributed by atoms with van der Waals surface area (Å²) in [5.41, 5.74) is 4.15. The molecular formula is C26H28FN7O2S. The van der Waals surface area contributed by atoms with Crippen LogP contribution in [0.5, 0.6) is 0 Å². The number of halogens is 1. The zero-order chi connectivity index (χ0) is 25.8. The summed E-state index contributed by atoms with van der Waals surface area (Å²) >= 11 is 0. The molecule has 3 heterocycles. The lowest BCUT2D eigenvalue weighted by molar-refractivity contribution is 0.254. The van der Waals surface area contributed by atoms with Crippen molar-refractivity contribution < 1.29 is 12.8 Å². The van der Waals surface area contributed by atoms with Gasteiger partial charge in [0.1, 0.15) is 6.17 Å². The number of benzene rings is 2. The number of aromatic nitrogens is 4. The van der Waals surface area contributed by atoms with E-state index in [1.54, 1.807) is 42.9 Å². The van der Waals surface area contributed by atoms with Crippen LogP contribution in [0.4, 0.5) is 16.3 Å². The average Bonchev–Trinajstić information content (AvgIpc) is 2.88. The van der Waals surface area contributed by atoms with E-state index in [1.807, 2.05) is 25.1 Å². The second-order valence-electron chi connectivity index (χ2n) is 9.09. The predicted molar refractivity (Wildman–Crippen MR) is 142 cm³/mol. The number of sulfonamides is 1. The lowest BCUT2D eigenvalue weighted by Crippen LogP contribution is -2.44. The van der Waals surface area contributed by atoms with Crippen LogP contribution in [0, 0.1) is 0 Å². The van der Waals surface area contributed by atoms with E-state index in [0.29, 0.717) is 31.0 Å². The molecule has 11 heteroatoms. The molecule has 3 N–H and O–H groups in total. The molecule has 2 aromatic heterocycles. The van der Waals surface area contributed by atoms with Crippen LogP contribution in [-0.2, 0) is 22.2 Å². The molecule has 5 rings (SSSR count). The molecule has 192 valence electrons. The van der Waals surface area contributed by atoms with Crippen LogP contribution in [0.3, 0.4) is 0 Å². The summed E-state index contributed by atoms with van der Waals surface area (Å²) < 4.78 is 41.1. The van der Waals surface area contributed by atoms with Gasteiger partial charge in [-0.05, 0) is 35.2 Å². The SMILES string of the molecule is CCc1cc(-c2cnc(NS(=O)(=O)Cc3ccccc3)nc2)cc2cnc(N[C@@H]3CNC[C@@H](F)C3)nc12. The molecule has 37 heavy (non-hydrogen) atoms. The Balaban J connectivity index is 1.34. The van der Waals surface area contributed by atoms with Crippen molar-refractivity contribution in [1.29, 1.82) is 0 Å². The molecule has 0 radical (unpaired) electrons.